The highest BCUT2D eigenvalue weighted by Gasteiger charge is 2.34. The van der Waals surface area contributed by atoms with E-state index in [0.717, 1.165) is 17.7 Å². The molecule has 17 nitrogen and oxygen atoms in total. The number of carbonyl (C=O) groups excluding carboxylic acids is 4. The molecule has 20 heteroatoms. The lowest BCUT2D eigenvalue weighted by molar-refractivity contribution is -0.136. The summed E-state index contributed by atoms with van der Waals surface area (Å²) >= 11 is 0. The van der Waals surface area contributed by atoms with Gasteiger partial charge in [0.1, 0.15) is 30.3 Å². The Morgan fingerprint density at radius 3 is 1.98 bits per heavy atom. The number of nitrogens with zero attached hydrogens (tertiary/aromatic N) is 2. The summed E-state index contributed by atoms with van der Waals surface area (Å²) in [7, 11) is 0. The molecule has 4 amide bonds. The first-order valence-electron chi connectivity index (χ1n) is 16.2. The van der Waals surface area contributed by atoms with Crippen molar-refractivity contribution in [3.8, 4) is 0 Å². The van der Waals surface area contributed by atoms with E-state index in [1.54, 1.807) is 30.3 Å². The van der Waals surface area contributed by atoms with Crippen LogP contribution in [-0.2, 0) is 31.9 Å². The van der Waals surface area contributed by atoms with Gasteiger partial charge in [0, 0.05) is 36.3 Å². The van der Waals surface area contributed by atoms with E-state index < -0.39 is 70.3 Å². The second-order valence-electron chi connectivity index (χ2n) is 11.6. The highest BCUT2D eigenvalue weighted by atomic mass is 19.4. The number of carbonyl (C=O) groups is 4. The summed E-state index contributed by atoms with van der Waals surface area (Å²) < 4.78 is 50.6. The molecule has 0 saturated carbocycles. The van der Waals surface area contributed by atoms with Crippen molar-refractivity contribution in [1.82, 2.24) is 16.0 Å². The zero-order valence-electron chi connectivity index (χ0n) is 28.6. The summed E-state index contributed by atoms with van der Waals surface area (Å²) in [5.74, 6) is -2.77. The largest absolute Gasteiger partial charge is 0.445 e. The summed E-state index contributed by atoms with van der Waals surface area (Å²) in [6.45, 7) is 1.49. The van der Waals surface area contributed by atoms with Gasteiger partial charge in [-0.2, -0.15) is 13.2 Å². The van der Waals surface area contributed by atoms with Crippen molar-refractivity contribution in [2.24, 2.45) is 32.9 Å². The third kappa shape index (κ3) is 13.7. The quantitative estimate of drug-likeness (QED) is 0.0420. The van der Waals surface area contributed by atoms with Crippen LogP contribution in [0.5, 0.6) is 0 Å². The second kappa shape index (κ2) is 19.3. The van der Waals surface area contributed by atoms with E-state index in [-0.39, 0.29) is 63.0 Å². The van der Waals surface area contributed by atoms with Gasteiger partial charge in [0.05, 0.1) is 5.56 Å². The minimum atomic E-state index is -4.85. The molecule has 1 aromatic heterocycles. The Hall–Kier alpha value is -6.34. The van der Waals surface area contributed by atoms with Crippen molar-refractivity contribution in [2.75, 3.05) is 18.4 Å². The van der Waals surface area contributed by atoms with Crippen LogP contribution in [0.15, 0.2) is 73.8 Å². The van der Waals surface area contributed by atoms with E-state index >= 15 is 0 Å². The van der Waals surface area contributed by atoms with Gasteiger partial charge >= 0.3 is 17.9 Å². The molecule has 0 spiro atoms. The minimum Gasteiger partial charge on any atom is -0.445 e. The third-order valence-electron chi connectivity index (χ3n) is 7.41. The number of amides is 4. The average Bonchev–Trinajstić information content (AvgIpc) is 3.09. The molecule has 2 aromatic carbocycles. The number of nitrogens with one attached hydrogen (secondary N) is 4. The van der Waals surface area contributed by atoms with E-state index in [1.165, 1.54) is 13.0 Å². The van der Waals surface area contributed by atoms with Gasteiger partial charge in [-0.25, -0.2) is 9.59 Å². The zero-order valence-corrected chi connectivity index (χ0v) is 28.6. The van der Waals surface area contributed by atoms with Crippen LogP contribution in [0, 0.1) is 0 Å². The Balaban J connectivity index is 1.78. The van der Waals surface area contributed by atoms with Crippen LogP contribution in [0.4, 0.5) is 23.7 Å². The molecule has 286 valence electrons. The molecule has 0 aliphatic carbocycles. The van der Waals surface area contributed by atoms with E-state index in [4.69, 9.17) is 32.1 Å². The number of guanidine groups is 2. The molecule has 0 aliphatic rings. The monoisotopic (exact) mass is 746 g/mol. The molecule has 0 radical (unpaired) electrons. The highest BCUT2D eigenvalue weighted by molar-refractivity contribution is 6.00. The number of halogens is 3. The number of fused-ring (bicyclic) bond motifs is 1. The summed E-state index contributed by atoms with van der Waals surface area (Å²) in [5.41, 5.74) is 19.3. The molecule has 0 bridgehead atoms. The molecule has 12 N–H and O–H groups in total. The topological polar surface area (TPSA) is 285 Å². The fourth-order valence-electron chi connectivity index (χ4n) is 4.83. The van der Waals surface area contributed by atoms with Crippen LogP contribution in [0.25, 0.3) is 11.0 Å². The molecular weight excluding hydrogens is 705 g/mol. The SMILES string of the molecule is C[C@H](NC(=O)OCc1ccccc1)C(=O)N[C@@H](CCCN=C(N)N)C(=O)N[C@@H](CCCN=C(N)N)C(=O)Nc1ccc2c(C(F)(F)F)cc(=O)oc2c1. The summed E-state index contributed by atoms with van der Waals surface area (Å²) in [4.78, 5) is 72.2. The van der Waals surface area contributed by atoms with Gasteiger partial charge in [-0.3, -0.25) is 24.4 Å². The lowest BCUT2D eigenvalue weighted by Crippen LogP contribution is -2.55. The Kier molecular flexibility index (Phi) is 15.0. The molecule has 0 fully saturated rings. The number of aliphatic imine (C=N–C) groups is 2. The van der Waals surface area contributed by atoms with Crippen LogP contribution >= 0.6 is 0 Å². The van der Waals surface area contributed by atoms with Crippen molar-refractivity contribution in [3.05, 3.63) is 76.1 Å². The minimum absolute atomic E-state index is 0.00683. The smallest absolute Gasteiger partial charge is 0.417 e. The fourth-order valence-corrected chi connectivity index (χ4v) is 4.83. The van der Waals surface area contributed by atoms with Crippen LogP contribution in [0.2, 0.25) is 0 Å². The molecule has 3 atom stereocenters. The number of anilines is 1. The predicted octanol–water partition coefficient (Wildman–Crippen LogP) is 1.14. The Morgan fingerprint density at radius 2 is 1.40 bits per heavy atom. The number of alkyl carbamates (subject to hydrolysis) is 1. The van der Waals surface area contributed by atoms with Gasteiger partial charge < -0.3 is 53.4 Å². The van der Waals surface area contributed by atoms with E-state index in [0.29, 0.717) is 6.07 Å². The first kappa shape index (κ1) is 41.1. The molecular formula is C33H41F3N10O7. The maximum absolute atomic E-state index is 13.6. The lowest BCUT2D eigenvalue weighted by atomic mass is 10.1. The standard InChI is InChI=1S/C33H41F3N10O7/c1-18(43-32(51)52-17-19-7-3-2-4-8-19)27(48)45-24(10-6-14-42-31(39)40)29(50)46-23(9-5-13-41-30(37)38)28(49)44-20-11-12-21-22(33(34,35)36)16-26(47)53-25(21)15-20/h2-4,7-8,11-12,15-16,18,23-24H,5-6,9-10,13-14,17H2,1H3,(H,43,51)(H,44,49)(H,45,48)(H,46,50)(H4,37,38,41)(H4,39,40,42)/t18-,23-,24-/m0/s1. The maximum Gasteiger partial charge on any atom is 0.417 e. The molecule has 1 heterocycles. The molecule has 3 aromatic rings. The van der Waals surface area contributed by atoms with Gasteiger partial charge in [0.25, 0.3) is 0 Å². The van der Waals surface area contributed by atoms with Gasteiger partial charge in [0.2, 0.25) is 17.7 Å². The van der Waals surface area contributed by atoms with Gasteiger partial charge in [-0.1, -0.05) is 30.3 Å². The van der Waals surface area contributed by atoms with Crippen LogP contribution in [-0.4, -0.2) is 66.9 Å². The Bertz CT molecular complexity index is 1860. The van der Waals surface area contributed by atoms with E-state index in [9.17, 15) is 37.1 Å². The average molecular weight is 747 g/mol. The van der Waals surface area contributed by atoms with Gasteiger partial charge in [-0.15, -0.1) is 0 Å². The zero-order chi connectivity index (χ0) is 39.1. The summed E-state index contributed by atoms with van der Waals surface area (Å²) in [5, 5.41) is 9.60. The predicted molar refractivity (Wildman–Crippen MR) is 189 cm³/mol. The molecule has 0 saturated heterocycles. The van der Waals surface area contributed by atoms with Crippen LogP contribution in [0.3, 0.4) is 0 Å². The Labute approximate surface area is 300 Å². The summed E-state index contributed by atoms with van der Waals surface area (Å²) in [6.07, 6.45) is -5.38. The highest BCUT2D eigenvalue weighted by Crippen LogP contribution is 2.34. The van der Waals surface area contributed by atoms with Crippen LogP contribution < -0.4 is 49.8 Å². The van der Waals surface area contributed by atoms with Crippen LogP contribution in [0.1, 0.15) is 43.7 Å². The number of ether oxygens (including phenoxy) is 1. The van der Waals surface area contributed by atoms with Crippen molar-refractivity contribution < 1.29 is 41.5 Å². The normalized spacial score (nSPS) is 12.8. The number of nitrogens with two attached hydrogens (primary N) is 4. The maximum atomic E-state index is 13.6. The summed E-state index contributed by atoms with van der Waals surface area (Å²) in [6, 6.07) is 8.67. The van der Waals surface area contributed by atoms with Crippen molar-refractivity contribution in [2.45, 2.75) is 63.5 Å². The molecule has 0 unspecified atom stereocenters. The first-order valence-corrected chi connectivity index (χ1v) is 16.2. The number of alkyl halides is 3. The first-order chi connectivity index (χ1) is 25.0. The van der Waals surface area contributed by atoms with E-state index in [1.807, 2.05) is 0 Å². The second-order valence-corrected chi connectivity index (χ2v) is 11.6. The van der Waals surface area contributed by atoms with Crippen molar-refractivity contribution >= 4 is 52.4 Å². The van der Waals surface area contributed by atoms with E-state index in [2.05, 4.69) is 31.3 Å². The number of hydrogen-bond donors (Lipinski definition) is 8. The Morgan fingerprint density at radius 1 is 0.811 bits per heavy atom. The number of hydrogen-bond acceptors (Lipinski definition) is 9. The number of benzene rings is 2. The molecule has 53 heavy (non-hydrogen) atoms. The lowest BCUT2D eigenvalue weighted by Gasteiger charge is -2.24. The van der Waals surface area contributed by atoms with Gasteiger partial charge in [-0.05, 0) is 50.3 Å². The van der Waals surface area contributed by atoms with Gasteiger partial charge in [0.15, 0.2) is 11.9 Å². The molecule has 3 rings (SSSR count). The van der Waals surface area contributed by atoms with Crippen molar-refractivity contribution in [1.29, 1.82) is 0 Å². The van der Waals surface area contributed by atoms with Crippen molar-refractivity contribution in [3.63, 3.8) is 0 Å². The fraction of sp³-hybridized carbons (Fsp3) is 0.364. The number of rotatable bonds is 17. The molecule has 0 aliphatic heterocycles. The third-order valence-corrected chi connectivity index (χ3v) is 7.41.